The molecule has 2 aromatic carbocycles. The highest BCUT2D eigenvalue weighted by molar-refractivity contribution is 5.77. The lowest BCUT2D eigenvalue weighted by Gasteiger charge is -2.28. The van der Waals surface area contributed by atoms with Crippen LogP contribution >= 0.6 is 0 Å². The molecule has 0 N–H and O–H groups in total. The topological polar surface area (TPSA) is 38.3 Å². The largest absolute Gasteiger partial charge is 0.436 e. The van der Waals surface area contributed by atoms with Gasteiger partial charge < -0.3 is 9.64 Å². The van der Waals surface area contributed by atoms with Crippen LogP contribution in [0.5, 0.6) is 11.6 Å². The van der Waals surface area contributed by atoms with Gasteiger partial charge in [0, 0.05) is 13.1 Å². The predicted molar refractivity (Wildman–Crippen MR) is 106 cm³/mol. The number of aromatic nitrogens is 2. The summed E-state index contributed by atoms with van der Waals surface area (Å²) in [5.41, 5.74) is 2.85. The zero-order valence-corrected chi connectivity index (χ0v) is 14.9. The summed E-state index contributed by atoms with van der Waals surface area (Å²) in [6.07, 6.45) is 6.29. The Labute approximate surface area is 154 Å². The fourth-order valence-electron chi connectivity index (χ4n) is 3.39. The van der Waals surface area contributed by atoms with Crippen molar-refractivity contribution < 1.29 is 4.74 Å². The fourth-order valence-corrected chi connectivity index (χ4v) is 3.39. The molecule has 0 bridgehead atoms. The minimum absolute atomic E-state index is 0.585. The van der Waals surface area contributed by atoms with E-state index in [0.29, 0.717) is 5.88 Å². The van der Waals surface area contributed by atoms with Gasteiger partial charge in [0.25, 0.3) is 5.88 Å². The van der Waals surface area contributed by atoms with E-state index < -0.39 is 0 Å². The van der Waals surface area contributed by atoms with Gasteiger partial charge in [-0.25, -0.2) is 9.97 Å². The number of anilines is 1. The third-order valence-corrected chi connectivity index (χ3v) is 4.72. The molecule has 0 unspecified atom stereocenters. The van der Waals surface area contributed by atoms with E-state index >= 15 is 0 Å². The Morgan fingerprint density at radius 3 is 2.38 bits per heavy atom. The molecule has 4 heteroatoms. The third kappa shape index (κ3) is 3.40. The lowest BCUT2D eigenvalue weighted by molar-refractivity contribution is 0.453. The summed E-state index contributed by atoms with van der Waals surface area (Å²) in [5, 5.41) is 0. The number of piperidine rings is 1. The van der Waals surface area contributed by atoms with Crippen molar-refractivity contribution in [2.45, 2.75) is 25.7 Å². The van der Waals surface area contributed by atoms with E-state index in [9.17, 15) is 0 Å². The van der Waals surface area contributed by atoms with Gasteiger partial charge in [0.05, 0.1) is 11.0 Å². The van der Waals surface area contributed by atoms with Crippen molar-refractivity contribution in [3.05, 3.63) is 66.7 Å². The molecule has 4 nitrogen and oxygen atoms in total. The number of rotatable bonds is 5. The number of hydrogen-bond donors (Lipinski definition) is 0. The first kappa shape index (κ1) is 16.6. The first-order valence-corrected chi connectivity index (χ1v) is 9.23. The summed E-state index contributed by atoms with van der Waals surface area (Å²) in [7, 11) is 0. The Morgan fingerprint density at radius 2 is 1.62 bits per heavy atom. The predicted octanol–water partition coefficient (Wildman–Crippen LogP) is 5.14. The van der Waals surface area contributed by atoms with Crippen LogP contribution in [0.2, 0.25) is 0 Å². The Kier molecular flexibility index (Phi) is 4.82. The molecule has 2 heterocycles. The van der Waals surface area contributed by atoms with Gasteiger partial charge in [-0.15, -0.1) is 6.58 Å². The van der Waals surface area contributed by atoms with Gasteiger partial charge >= 0.3 is 0 Å². The number of para-hydroxylation sites is 3. The maximum absolute atomic E-state index is 6.29. The molecule has 0 aliphatic carbocycles. The Balaban J connectivity index is 1.78. The van der Waals surface area contributed by atoms with Gasteiger partial charge in [-0.3, -0.25) is 0 Å². The number of fused-ring (bicyclic) bond motifs is 1. The molecule has 1 aliphatic heterocycles. The zero-order valence-electron chi connectivity index (χ0n) is 14.9. The monoisotopic (exact) mass is 345 g/mol. The van der Waals surface area contributed by atoms with E-state index in [1.54, 1.807) is 0 Å². The first-order valence-electron chi connectivity index (χ1n) is 9.23. The summed E-state index contributed by atoms with van der Waals surface area (Å²) in [6.45, 7) is 5.84. The molecule has 1 fully saturated rings. The number of nitrogens with zero attached hydrogens (tertiary/aromatic N) is 3. The maximum atomic E-state index is 6.29. The first-order chi connectivity index (χ1) is 12.8. The van der Waals surface area contributed by atoms with Crippen LogP contribution in [0, 0.1) is 0 Å². The van der Waals surface area contributed by atoms with Gasteiger partial charge in [0.15, 0.2) is 5.82 Å². The zero-order chi connectivity index (χ0) is 17.8. The molecule has 4 rings (SSSR count). The molecule has 0 spiro atoms. The smallest absolute Gasteiger partial charge is 0.263 e. The summed E-state index contributed by atoms with van der Waals surface area (Å²) in [5.74, 6) is 2.24. The average molecular weight is 345 g/mol. The van der Waals surface area contributed by atoms with Gasteiger partial charge in [0.2, 0.25) is 0 Å². The van der Waals surface area contributed by atoms with Gasteiger partial charge in [-0.2, -0.15) is 0 Å². The SMILES string of the molecule is C=CCc1ccccc1Oc1nc2ccccc2nc1N1CCCCC1. The lowest BCUT2D eigenvalue weighted by atomic mass is 10.1. The average Bonchev–Trinajstić information content (AvgIpc) is 2.70. The number of ether oxygens (including phenoxy) is 1. The van der Waals surface area contributed by atoms with Crippen LogP contribution in [0.1, 0.15) is 24.8 Å². The molecule has 3 aromatic rings. The van der Waals surface area contributed by atoms with Crippen LogP contribution in [0.4, 0.5) is 5.82 Å². The standard InChI is InChI=1S/C22H23N3O/c1-2-10-17-11-4-7-14-20(17)26-22-21(25-15-8-3-9-16-25)23-18-12-5-6-13-19(18)24-22/h2,4-7,11-14H,1,3,8-10,15-16H2. The summed E-state index contributed by atoms with van der Waals surface area (Å²) < 4.78 is 6.29. The van der Waals surface area contributed by atoms with Crippen molar-refractivity contribution in [1.29, 1.82) is 0 Å². The second-order valence-corrected chi connectivity index (χ2v) is 6.59. The van der Waals surface area contributed by atoms with Crippen LogP contribution in [0.25, 0.3) is 11.0 Å². The minimum Gasteiger partial charge on any atom is -0.436 e. The van der Waals surface area contributed by atoms with Crippen molar-refractivity contribution >= 4 is 16.9 Å². The molecule has 0 amide bonds. The van der Waals surface area contributed by atoms with Gasteiger partial charge in [-0.05, 0) is 49.4 Å². The number of allylic oxidation sites excluding steroid dienone is 1. The second-order valence-electron chi connectivity index (χ2n) is 6.59. The van der Waals surface area contributed by atoms with E-state index in [1.165, 1.54) is 19.3 Å². The highest BCUT2D eigenvalue weighted by Crippen LogP contribution is 2.34. The molecular formula is C22H23N3O. The Bertz CT molecular complexity index is 916. The van der Waals surface area contributed by atoms with Crippen LogP contribution in [-0.4, -0.2) is 23.1 Å². The van der Waals surface area contributed by atoms with Crippen molar-refractivity contribution in [1.82, 2.24) is 9.97 Å². The van der Waals surface area contributed by atoms with E-state index in [0.717, 1.165) is 47.7 Å². The molecule has 1 aromatic heterocycles. The summed E-state index contributed by atoms with van der Waals surface area (Å²) in [4.78, 5) is 12.0. The van der Waals surface area contributed by atoms with E-state index in [1.807, 2.05) is 48.5 Å². The van der Waals surface area contributed by atoms with Crippen LogP contribution in [-0.2, 0) is 6.42 Å². The highest BCUT2D eigenvalue weighted by Gasteiger charge is 2.20. The lowest BCUT2D eigenvalue weighted by Crippen LogP contribution is -2.30. The van der Waals surface area contributed by atoms with Crippen molar-refractivity contribution in [2.24, 2.45) is 0 Å². The quantitative estimate of drug-likeness (QED) is 0.600. The number of benzene rings is 2. The summed E-state index contributed by atoms with van der Waals surface area (Å²) in [6, 6.07) is 16.0. The van der Waals surface area contributed by atoms with Gasteiger partial charge in [-0.1, -0.05) is 36.4 Å². The molecule has 0 radical (unpaired) electrons. The number of hydrogen-bond acceptors (Lipinski definition) is 4. The third-order valence-electron chi connectivity index (χ3n) is 4.72. The van der Waals surface area contributed by atoms with Crippen LogP contribution in [0.3, 0.4) is 0 Å². The molecule has 132 valence electrons. The molecule has 1 saturated heterocycles. The highest BCUT2D eigenvalue weighted by atomic mass is 16.5. The fraction of sp³-hybridized carbons (Fsp3) is 0.273. The minimum atomic E-state index is 0.585. The molecule has 1 aliphatic rings. The molecular weight excluding hydrogens is 322 g/mol. The Morgan fingerprint density at radius 1 is 0.923 bits per heavy atom. The van der Waals surface area contributed by atoms with Gasteiger partial charge in [0.1, 0.15) is 5.75 Å². The maximum Gasteiger partial charge on any atom is 0.263 e. The van der Waals surface area contributed by atoms with Crippen molar-refractivity contribution in [3.8, 4) is 11.6 Å². The Hall–Kier alpha value is -2.88. The summed E-state index contributed by atoms with van der Waals surface area (Å²) >= 11 is 0. The second kappa shape index (κ2) is 7.56. The normalized spacial score (nSPS) is 14.4. The van der Waals surface area contributed by atoms with E-state index in [-0.39, 0.29) is 0 Å². The van der Waals surface area contributed by atoms with Crippen LogP contribution in [0.15, 0.2) is 61.2 Å². The van der Waals surface area contributed by atoms with E-state index in [4.69, 9.17) is 14.7 Å². The molecule has 26 heavy (non-hydrogen) atoms. The van der Waals surface area contributed by atoms with E-state index in [2.05, 4.69) is 17.5 Å². The molecule has 0 atom stereocenters. The van der Waals surface area contributed by atoms with Crippen molar-refractivity contribution in [2.75, 3.05) is 18.0 Å². The van der Waals surface area contributed by atoms with Crippen molar-refractivity contribution in [3.63, 3.8) is 0 Å². The molecule has 0 saturated carbocycles. The van der Waals surface area contributed by atoms with Crippen LogP contribution < -0.4 is 9.64 Å².